The number of terminal acetylenes is 1. The Labute approximate surface area is 132 Å². The van der Waals surface area contributed by atoms with Gasteiger partial charge in [0.2, 0.25) is 0 Å². The molecule has 1 aromatic rings. The average Bonchev–Trinajstić information content (AvgIpc) is 2.78. The first-order valence-electron chi connectivity index (χ1n) is 6.34. The maximum Gasteiger partial charge on any atom is 0.256 e. The summed E-state index contributed by atoms with van der Waals surface area (Å²) in [5.74, 6) is 2.16. The highest BCUT2D eigenvalue weighted by Gasteiger charge is 2.35. The molecule has 0 aliphatic carbocycles. The van der Waals surface area contributed by atoms with Gasteiger partial charge in [0.1, 0.15) is 0 Å². The molecule has 0 saturated carbocycles. The van der Waals surface area contributed by atoms with E-state index in [1.165, 1.54) is 4.90 Å². The van der Waals surface area contributed by atoms with Gasteiger partial charge in [-0.2, -0.15) is 0 Å². The van der Waals surface area contributed by atoms with Crippen molar-refractivity contribution in [3.63, 3.8) is 0 Å². The Morgan fingerprint density at radius 2 is 2.24 bits per heavy atom. The van der Waals surface area contributed by atoms with Crippen LogP contribution in [0.15, 0.2) is 22.7 Å². The third kappa shape index (κ3) is 3.57. The van der Waals surface area contributed by atoms with Gasteiger partial charge in [-0.15, -0.1) is 6.42 Å². The number of carbonyl (C=O) groups excluding carboxylic acids is 1. The van der Waals surface area contributed by atoms with Gasteiger partial charge in [0.05, 0.1) is 23.6 Å². The molecular formula is C14H15BrN2O3S. The van der Waals surface area contributed by atoms with Crippen LogP contribution in [0.2, 0.25) is 0 Å². The van der Waals surface area contributed by atoms with E-state index in [-0.39, 0.29) is 30.0 Å². The standard InChI is InChI=1S/C14H15BrN2O3S/c1-2-6-17(11-5-7-21(19,20)9-11)14(18)12-8-10(16)3-4-13(12)15/h1,3-4,8,11H,5-7,9,16H2. The number of halogens is 1. The molecular weight excluding hydrogens is 356 g/mol. The molecule has 7 heteroatoms. The Balaban J connectivity index is 2.32. The van der Waals surface area contributed by atoms with Crippen molar-refractivity contribution in [1.82, 2.24) is 4.90 Å². The van der Waals surface area contributed by atoms with E-state index in [9.17, 15) is 13.2 Å². The number of nitrogens with two attached hydrogens (primary N) is 1. The van der Waals surface area contributed by atoms with Crippen LogP contribution in [-0.2, 0) is 9.84 Å². The molecule has 1 saturated heterocycles. The first-order chi connectivity index (χ1) is 9.84. The zero-order valence-corrected chi connectivity index (χ0v) is 13.7. The van der Waals surface area contributed by atoms with Gasteiger partial charge in [-0.1, -0.05) is 5.92 Å². The molecule has 1 atom stereocenters. The minimum atomic E-state index is -3.09. The van der Waals surface area contributed by atoms with E-state index >= 15 is 0 Å². The first kappa shape index (κ1) is 15.9. The second kappa shape index (κ2) is 6.08. The fourth-order valence-corrected chi connectivity index (χ4v) is 4.49. The Kier molecular flexibility index (Phi) is 4.59. The first-order valence-corrected chi connectivity index (χ1v) is 8.95. The van der Waals surface area contributed by atoms with E-state index in [0.29, 0.717) is 22.1 Å². The van der Waals surface area contributed by atoms with Crippen molar-refractivity contribution >= 4 is 37.4 Å². The third-order valence-corrected chi connectivity index (χ3v) is 5.83. The molecule has 2 rings (SSSR count). The summed E-state index contributed by atoms with van der Waals surface area (Å²) in [7, 11) is -3.09. The van der Waals surface area contributed by atoms with E-state index in [0.717, 1.165) is 0 Å². The van der Waals surface area contributed by atoms with Crippen molar-refractivity contribution in [1.29, 1.82) is 0 Å². The molecule has 1 aliphatic heterocycles. The SMILES string of the molecule is C#CCN(C(=O)c1cc(N)ccc1Br)C1CCS(=O)(=O)C1. The van der Waals surface area contributed by atoms with Crippen LogP contribution in [0.3, 0.4) is 0 Å². The molecule has 1 aliphatic rings. The number of sulfone groups is 1. The minimum Gasteiger partial charge on any atom is -0.399 e. The summed E-state index contributed by atoms with van der Waals surface area (Å²) in [6.45, 7) is 0.0697. The number of carbonyl (C=O) groups is 1. The van der Waals surface area contributed by atoms with Gasteiger partial charge in [-0.05, 0) is 40.5 Å². The van der Waals surface area contributed by atoms with Gasteiger partial charge in [-0.3, -0.25) is 4.79 Å². The van der Waals surface area contributed by atoms with Crippen LogP contribution >= 0.6 is 15.9 Å². The van der Waals surface area contributed by atoms with E-state index < -0.39 is 9.84 Å². The summed E-state index contributed by atoms with van der Waals surface area (Å²) in [5, 5.41) is 0. The van der Waals surface area contributed by atoms with Crippen molar-refractivity contribution in [3.8, 4) is 12.3 Å². The van der Waals surface area contributed by atoms with Gasteiger partial charge >= 0.3 is 0 Å². The summed E-state index contributed by atoms with van der Waals surface area (Å²) < 4.78 is 23.8. The van der Waals surface area contributed by atoms with Gasteiger partial charge in [-0.25, -0.2) is 8.42 Å². The Bertz CT molecular complexity index is 709. The van der Waals surface area contributed by atoms with E-state index in [2.05, 4.69) is 21.9 Å². The number of hydrogen-bond donors (Lipinski definition) is 1. The molecule has 5 nitrogen and oxygen atoms in total. The summed E-state index contributed by atoms with van der Waals surface area (Å²) in [5.41, 5.74) is 6.55. The number of rotatable bonds is 3. The van der Waals surface area contributed by atoms with Crippen molar-refractivity contribution in [2.45, 2.75) is 12.5 Å². The maximum atomic E-state index is 12.7. The van der Waals surface area contributed by atoms with Gasteiger partial charge in [0, 0.05) is 16.2 Å². The van der Waals surface area contributed by atoms with Crippen LogP contribution < -0.4 is 5.73 Å². The predicted molar refractivity (Wildman–Crippen MR) is 85.5 cm³/mol. The molecule has 1 heterocycles. The Morgan fingerprint density at radius 1 is 1.52 bits per heavy atom. The number of nitrogens with zero attached hydrogens (tertiary/aromatic N) is 1. The summed E-state index contributed by atoms with van der Waals surface area (Å²) in [4.78, 5) is 14.1. The maximum absolute atomic E-state index is 12.7. The second-order valence-corrected chi connectivity index (χ2v) is 8.02. The van der Waals surface area contributed by atoms with Crippen molar-refractivity contribution in [2.75, 3.05) is 23.8 Å². The summed E-state index contributed by atoms with van der Waals surface area (Å²) >= 11 is 3.31. The molecule has 21 heavy (non-hydrogen) atoms. The zero-order chi connectivity index (χ0) is 15.6. The van der Waals surface area contributed by atoms with Gasteiger partial charge in [0.25, 0.3) is 5.91 Å². The fraction of sp³-hybridized carbons (Fsp3) is 0.357. The Hall–Kier alpha value is -1.52. The molecule has 1 fully saturated rings. The third-order valence-electron chi connectivity index (χ3n) is 3.39. The quantitative estimate of drug-likeness (QED) is 0.642. The summed E-state index contributed by atoms with van der Waals surface area (Å²) in [6.07, 6.45) is 5.73. The van der Waals surface area contributed by atoms with E-state index in [1.807, 2.05) is 0 Å². The summed E-state index contributed by atoms with van der Waals surface area (Å²) in [6, 6.07) is 4.53. The molecule has 1 aromatic carbocycles. The lowest BCUT2D eigenvalue weighted by atomic mass is 10.1. The van der Waals surface area contributed by atoms with E-state index in [4.69, 9.17) is 12.2 Å². The highest BCUT2D eigenvalue weighted by molar-refractivity contribution is 9.10. The number of anilines is 1. The van der Waals surface area contributed by atoms with Gasteiger partial charge in [0.15, 0.2) is 9.84 Å². The lowest BCUT2D eigenvalue weighted by molar-refractivity contribution is 0.0723. The van der Waals surface area contributed by atoms with Crippen LogP contribution in [0.1, 0.15) is 16.8 Å². The normalized spacial score (nSPS) is 19.9. The molecule has 112 valence electrons. The van der Waals surface area contributed by atoms with Crippen molar-refractivity contribution in [3.05, 3.63) is 28.2 Å². The van der Waals surface area contributed by atoms with Crippen molar-refractivity contribution < 1.29 is 13.2 Å². The highest BCUT2D eigenvalue weighted by atomic mass is 79.9. The topological polar surface area (TPSA) is 80.5 Å². The molecule has 2 N–H and O–H groups in total. The average molecular weight is 371 g/mol. The molecule has 0 bridgehead atoms. The second-order valence-electron chi connectivity index (χ2n) is 4.93. The molecule has 1 unspecified atom stereocenters. The number of hydrogen-bond acceptors (Lipinski definition) is 4. The molecule has 0 spiro atoms. The number of benzene rings is 1. The monoisotopic (exact) mass is 370 g/mol. The van der Waals surface area contributed by atoms with Crippen LogP contribution in [0.5, 0.6) is 0 Å². The number of nitrogen functional groups attached to an aromatic ring is 1. The lowest BCUT2D eigenvalue weighted by Gasteiger charge is -2.26. The fourth-order valence-electron chi connectivity index (χ4n) is 2.35. The van der Waals surface area contributed by atoms with Crippen molar-refractivity contribution in [2.24, 2.45) is 0 Å². The zero-order valence-electron chi connectivity index (χ0n) is 11.3. The van der Waals surface area contributed by atoms with Gasteiger partial charge < -0.3 is 10.6 Å². The smallest absolute Gasteiger partial charge is 0.256 e. The predicted octanol–water partition coefficient (Wildman–Crippen LogP) is 1.29. The molecule has 0 aromatic heterocycles. The van der Waals surface area contributed by atoms with Crippen LogP contribution in [0.25, 0.3) is 0 Å². The lowest BCUT2D eigenvalue weighted by Crippen LogP contribution is -2.41. The highest BCUT2D eigenvalue weighted by Crippen LogP contribution is 2.25. The molecule has 0 radical (unpaired) electrons. The minimum absolute atomic E-state index is 0.0413. The molecule has 1 amide bonds. The van der Waals surface area contributed by atoms with E-state index in [1.54, 1.807) is 18.2 Å². The van der Waals surface area contributed by atoms with Crippen LogP contribution in [-0.4, -0.2) is 43.3 Å². The number of amides is 1. The Morgan fingerprint density at radius 3 is 2.81 bits per heavy atom. The van der Waals surface area contributed by atoms with Crippen LogP contribution in [0.4, 0.5) is 5.69 Å². The largest absolute Gasteiger partial charge is 0.399 e. The van der Waals surface area contributed by atoms with Crippen LogP contribution in [0, 0.1) is 12.3 Å².